The van der Waals surface area contributed by atoms with Crippen LogP contribution in [0, 0.1) is 6.92 Å². The number of rotatable bonds is 5. The number of phenols is 1. The second kappa shape index (κ2) is 7.60. The zero-order valence-electron chi connectivity index (χ0n) is 15.0. The molecule has 27 heavy (non-hydrogen) atoms. The molecule has 0 amide bonds. The third-order valence-electron chi connectivity index (χ3n) is 4.87. The van der Waals surface area contributed by atoms with Gasteiger partial charge in [-0.25, -0.2) is 13.2 Å². The number of carboxylic acids is 1. The van der Waals surface area contributed by atoms with Crippen molar-refractivity contribution in [2.75, 3.05) is 0 Å². The van der Waals surface area contributed by atoms with Crippen LogP contribution in [0.1, 0.15) is 41.6 Å². The normalized spacial score (nSPS) is 20.2. The first kappa shape index (κ1) is 19.2. The van der Waals surface area contributed by atoms with E-state index in [1.54, 1.807) is 24.3 Å². The van der Waals surface area contributed by atoms with Crippen LogP contribution in [-0.2, 0) is 9.84 Å². The molecule has 0 radical (unpaired) electrons. The first-order valence-corrected chi connectivity index (χ1v) is 10.4. The summed E-state index contributed by atoms with van der Waals surface area (Å²) in [5, 5.41) is 18.2. The molecule has 2 unspecified atom stereocenters. The largest absolute Gasteiger partial charge is 0.507 e. The number of aromatic hydroxyl groups is 1. The fraction of sp³-hybridized carbons (Fsp3) is 0.350. The SMILES string of the molecule is Cc1ccc(S(=O)(=O)C2CCCC(Oc3ccc(O)c(C(=O)O)c3)C2)cc1. The molecule has 2 aromatic carbocycles. The number of sulfone groups is 1. The van der Waals surface area contributed by atoms with E-state index in [4.69, 9.17) is 9.84 Å². The van der Waals surface area contributed by atoms with Gasteiger partial charge in [-0.1, -0.05) is 17.7 Å². The third-order valence-corrected chi connectivity index (χ3v) is 7.10. The molecule has 0 spiro atoms. The number of benzene rings is 2. The highest BCUT2D eigenvalue weighted by Gasteiger charge is 2.34. The molecule has 1 saturated carbocycles. The summed E-state index contributed by atoms with van der Waals surface area (Å²) in [6.45, 7) is 1.91. The number of aryl methyl sites for hydroxylation is 1. The summed E-state index contributed by atoms with van der Waals surface area (Å²) >= 11 is 0. The van der Waals surface area contributed by atoms with Crippen LogP contribution >= 0.6 is 0 Å². The molecule has 0 saturated heterocycles. The molecule has 2 atom stereocenters. The summed E-state index contributed by atoms with van der Waals surface area (Å²) in [5.74, 6) is -1.27. The van der Waals surface area contributed by atoms with Crippen molar-refractivity contribution in [3.63, 3.8) is 0 Å². The molecule has 1 aliphatic carbocycles. The highest BCUT2D eigenvalue weighted by Crippen LogP contribution is 2.32. The quantitative estimate of drug-likeness (QED) is 0.809. The molecule has 7 heteroatoms. The van der Waals surface area contributed by atoms with Crippen LogP contribution in [0.3, 0.4) is 0 Å². The highest BCUT2D eigenvalue weighted by atomic mass is 32.2. The third kappa shape index (κ3) is 4.24. The lowest BCUT2D eigenvalue weighted by molar-refractivity contribution is 0.0692. The molecule has 0 aliphatic heterocycles. The topological polar surface area (TPSA) is 101 Å². The minimum absolute atomic E-state index is 0.243. The Morgan fingerprint density at radius 2 is 1.81 bits per heavy atom. The fourth-order valence-corrected chi connectivity index (χ4v) is 5.21. The van der Waals surface area contributed by atoms with E-state index >= 15 is 0 Å². The van der Waals surface area contributed by atoms with Crippen molar-refractivity contribution in [2.45, 2.75) is 48.9 Å². The van der Waals surface area contributed by atoms with E-state index in [9.17, 15) is 18.3 Å². The van der Waals surface area contributed by atoms with Crippen molar-refractivity contribution in [3.05, 3.63) is 53.6 Å². The van der Waals surface area contributed by atoms with Gasteiger partial charge >= 0.3 is 5.97 Å². The number of aromatic carboxylic acids is 1. The van der Waals surface area contributed by atoms with Gasteiger partial charge in [-0.15, -0.1) is 0 Å². The summed E-state index contributed by atoms with van der Waals surface area (Å²) in [4.78, 5) is 11.5. The molecule has 2 aromatic rings. The minimum atomic E-state index is -3.45. The minimum Gasteiger partial charge on any atom is -0.507 e. The Morgan fingerprint density at radius 1 is 1.11 bits per heavy atom. The Hall–Kier alpha value is -2.54. The number of carbonyl (C=O) groups is 1. The van der Waals surface area contributed by atoms with E-state index in [-0.39, 0.29) is 17.4 Å². The van der Waals surface area contributed by atoms with Crippen LogP contribution in [0.2, 0.25) is 0 Å². The van der Waals surface area contributed by atoms with E-state index in [1.807, 2.05) is 6.92 Å². The van der Waals surface area contributed by atoms with Gasteiger partial charge in [-0.05, 0) is 56.5 Å². The Labute approximate surface area is 158 Å². The average Bonchev–Trinajstić information content (AvgIpc) is 2.64. The van der Waals surface area contributed by atoms with Crippen LogP contribution in [0.5, 0.6) is 11.5 Å². The lowest BCUT2D eigenvalue weighted by Gasteiger charge is -2.29. The van der Waals surface area contributed by atoms with Crippen molar-refractivity contribution < 1.29 is 28.2 Å². The molecular weight excluding hydrogens is 368 g/mol. The first-order chi connectivity index (χ1) is 12.8. The maximum absolute atomic E-state index is 12.9. The van der Waals surface area contributed by atoms with E-state index in [0.29, 0.717) is 36.3 Å². The van der Waals surface area contributed by atoms with E-state index in [0.717, 1.165) is 5.56 Å². The summed E-state index contributed by atoms with van der Waals surface area (Å²) < 4.78 is 31.7. The van der Waals surface area contributed by atoms with Crippen molar-refractivity contribution in [2.24, 2.45) is 0 Å². The van der Waals surface area contributed by atoms with E-state index in [2.05, 4.69) is 0 Å². The maximum Gasteiger partial charge on any atom is 0.339 e. The van der Waals surface area contributed by atoms with Gasteiger partial charge < -0.3 is 14.9 Å². The fourth-order valence-electron chi connectivity index (χ4n) is 3.36. The number of ether oxygens (including phenoxy) is 1. The highest BCUT2D eigenvalue weighted by molar-refractivity contribution is 7.92. The Kier molecular flexibility index (Phi) is 5.41. The Balaban J connectivity index is 1.75. The molecule has 2 N–H and O–H groups in total. The number of hydrogen-bond acceptors (Lipinski definition) is 5. The van der Waals surface area contributed by atoms with Crippen molar-refractivity contribution in [1.82, 2.24) is 0 Å². The predicted octanol–water partition coefficient (Wildman–Crippen LogP) is 3.56. The van der Waals surface area contributed by atoms with E-state index < -0.39 is 21.1 Å². The molecule has 3 rings (SSSR count). The van der Waals surface area contributed by atoms with Gasteiger partial charge in [-0.3, -0.25) is 0 Å². The predicted molar refractivity (Wildman–Crippen MR) is 100 cm³/mol. The van der Waals surface area contributed by atoms with Crippen molar-refractivity contribution >= 4 is 15.8 Å². The summed E-state index contributed by atoms with van der Waals surface area (Å²) in [5.41, 5.74) is 0.757. The second-order valence-corrected chi connectivity index (χ2v) is 9.10. The van der Waals surface area contributed by atoms with Crippen LogP contribution in [0.25, 0.3) is 0 Å². The maximum atomic E-state index is 12.9. The number of carboxylic acid groups (broad SMARTS) is 1. The Morgan fingerprint density at radius 3 is 2.48 bits per heavy atom. The van der Waals surface area contributed by atoms with Crippen LogP contribution in [0.15, 0.2) is 47.4 Å². The lowest BCUT2D eigenvalue weighted by atomic mass is 9.97. The molecule has 0 bridgehead atoms. The number of hydrogen-bond donors (Lipinski definition) is 2. The average molecular weight is 390 g/mol. The van der Waals surface area contributed by atoms with Crippen LogP contribution in [0.4, 0.5) is 0 Å². The van der Waals surface area contributed by atoms with Gasteiger partial charge in [0.15, 0.2) is 9.84 Å². The molecular formula is C20H22O6S. The first-order valence-electron chi connectivity index (χ1n) is 8.81. The summed E-state index contributed by atoms with van der Waals surface area (Å²) in [7, 11) is -3.45. The lowest BCUT2D eigenvalue weighted by Crippen LogP contribution is -2.33. The molecule has 1 aliphatic rings. The smallest absolute Gasteiger partial charge is 0.339 e. The molecule has 0 aromatic heterocycles. The van der Waals surface area contributed by atoms with Gasteiger partial charge in [0.05, 0.1) is 16.2 Å². The molecule has 144 valence electrons. The monoisotopic (exact) mass is 390 g/mol. The zero-order valence-corrected chi connectivity index (χ0v) is 15.8. The van der Waals surface area contributed by atoms with Crippen LogP contribution in [-0.4, -0.2) is 36.0 Å². The molecule has 0 heterocycles. The second-order valence-electron chi connectivity index (χ2n) is 6.87. The Bertz CT molecular complexity index is 933. The van der Waals surface area contributed by atoms with Gasteiger partial charge in [-0.2, -0.15) is 0 Å². The van der Waals surface area contributed by atoms with Gasteiger partial charge in [0, 0.05) is 6.42 Å². The zero-order chi connectivity index (χ0) is 19.6. The van der Waals surface area contributed by atoms with Crippen LogP contribution < -0.4 is 4.74 Å². The molecule has 6 nitrogen and oxygen atoms in total. The van der Waals surface area contributed by atoms with Crippen molar-refractivity contribution in [3.8, 4) is 11.5 Å². The summed E-state index contributed by atoms with van der Waals surface area (Å²) in [6, 6.07) is 10.8. The van der Waals surface area contributed by atoms with Gasteiger partial charge in [0.25, 0.3) is 0 Å². The standard InChI is InChI=1S/C20H22O6S/c1-13-5-8-16(9-6-13)27(24,25)17-4-2-3-14(11-17)26-15-7-10-19(21)18(12-15)20(22)23/h5-10,12,14,17,21H,2-4,11H2,1H3,(H,22,23). The summed E-state index contributed by atoms with van der Waals surface area (Å²) in [6.07, 6.45) is 2.01. The molecule has 1 fully saturated rings. The van der Waals surface area contributed by atoms with E-state index in [1.165, 1.54) is 18.2 Å². The van der Waals surface area contributed by atoms with Gasteiger partial charge in [0.1, 0.15) is 17.1 Å². The van der Waals surface area contributed by atoms with Crippen molar-refractivity contribution in [1.29, 1.82) is 0 Å². The van der Waals surface area contributed by atoms with Gasteiger partial charge in [0.2, 0.25) is 0 Å².